The number of aromatic nitrogens is 2. The Balaban J connectivity index is 2.10. The van der Waals surface area contributed by atoms with Gasteiger partial charge in [0.25, 0.3) is 0 Å². The third kappa shape index (κ3) is 3.32. The molecule has 100 valence electrons. The Labute approximate surface area is 116 Å². The highest BCUT2D eigenvalue weighted by atomic mass is 79.9. The number of hydrogen-bond donors (Lipinski definition) is 2. The van der Waals surface area contributed by atoms with E-state index in [1.54, 1.807) is 6.20 Å². The van der Waals surface area contributed by atoms with Crippen LogP contribution < -0.4 is 10.2 Å². The van der Waals surface area contributed by atoms with Crippen LogP contribution >= 0.6 is 15.9 Å². The lowest BCUT2D eigenvalue weighted by Crippen LogP contribution is -2.36. The first-order chi connectivity index (χ1) is 8.70. The predicted octanol–water partition coefficient (Wildman–Crippen LogP) is 2.02. The number of hydrogen-bond acceptors (Lipinski definition) is 5. The minimum absolute atomic E-state index is 0.167. The highest BCUT2D eigenvalue weighted by Gasteiger charge is 2.20. The number of rotatable bonds is 4. The minimum atomic E-state index is -0.167. The Kier molecular flexibility index (Phi) is 4.77. The number of halogens is 1. The summed E-state index contributed by atoms with van der Waals surface area (Å²) in [5, 5.41) is 12.7. The normalized spacial score (nSPS) is 16.9. The van der Waals surface area contributed by atoms with Crippen molar-refractivity contribution in [1.29, 1.82) is 0 Å². The molecule has 0 aliphatic carbocycles. The summed E-state index contributed by atoms with van der Waals surface area (Å²) < 4.78 is 0.904. The number of piperidine rings is 1. The molecule has 5 nitrogen and oxygen atoms in total. The van der Waals surface area contributed by atoms with Gasteiger partial charge in [-0.2, -0.15) is 4.98 Å². The van der Waals surface area contributed by atoms with Crippen molar-refractivity contribution in [2.75, 3.05) is 29.9 Å². The molecule has 0 aromatic carbocycles. The highest BCUT2D eigenvalue weighted by Crippen LogP contribution is 2.26. The van der Waals surface area contributed by atoms with Gasteiger partial charge in [0, 0.05) is 25.8 Å². The van der Waals surface area contributed by atoms with Crippen LogP contribution in [0.25, 0.3) is 0 Å². The summed E-state index contributed by atoms with van der Waals surface area (Å²) in [6, 6.07) is 0. The lowest BCUT2D eigenvalue weighted by Gasteiger charge is -2.31. The first kappa shape index (κ1) is 13.5. The summed E-state index contributed by atoms with van der Waals surface area (Å²) in [4.78, 5) is 11.0. The number of aliphatic hydroxyl groups is 1. The molecule has 2 heterocycles. The van der Waals surface area contributed by atoms with E-state index in [2.05, 4.69) is 43.0 Å². The van der Waals surface area contributed by atoms with Crippen molar-refractivity contribution in [2.24, 2.45) is 0 Å². The van der Waals surface area contributed by atoms with Crippen LogP contribution in [0.2, 0.25) is 0 Å². The Morgan fingerprint density at radius 1 is 1.50 bits per heavy atom. The van der Waals surface area contributed by atoms with Gasteiger partial charge in [0.1, 0.15) is 5.82 Å². The van der Waals surface area contributed by atoms with Crippen LogP contribution in [-0.2, 0) is 0 Å². The van der Waals surface area contributed by atoms with Gasteiger partial charge in [0.2, 0.25) is 5.95 Å². The molecule has 0 saturated carbocycles. The van der Waals surface area contributed by atoms with Gasteiger partial charge in [0.05, 0.1) is 10.6 Å². The van der Waals surface area contributed by atoms with E-state index in [0.717, 1.165) is 49.2 Å². The number of anilines is 2. The van der Waals surface area contributed by atoms with E-state index in [1.165, 1.54) is 0 Å². The molecule has 2 N–H and O–H groups in total. The number of nitrogens with zero attached hydrogens (tertiary/aromatic N) is 3. The van der Waals surface area contributed by atoms with Crippen LogP contribution in [0.1, 0.15) is 26.2 Å². The first-order valence-corrected chi connectivity index (χ1v) is 7.19. The molecule has 0 spiro atoms. The predicted molar refractivity (Wildman–Crippen MR) is 76.0 cm³/mol. The Bertz CT molecular complexity index is 394. The van der Waals surface area contributed by atoms with E-state index >= 15 is 0 Å². The summed E-state index contributed by atoms with van der Waals surface area (Å²) in [6.45, 7) is 4.66. The molecule has 2 rings (SSSR count). The standard InChI is InChI=1S/C12H19BrN4O/c1-2-5-14-12-15-8-10(13)11(16-12)17-6-3-9(18)4-7-17/h8-9,18H,2-7H2,1H3,(H,14,15,16). The average Bonchev–Trinajstić information content (AvgIpc) is 2.39. The molecule has 6 heteroatoms. The maximum Gasteiger partial charge on any atom is 0.224 e. The van der Waals surface area contributed by atoms with Crippen molar-refractivity contribution in [3.63, 3.8) is 0 Å². The summed E-state index contributed by atoms with van der Waals surface area (Å²) in [7, 11) is 0. The summed E-state index contributed by atoms with van der Waals surface area (Å²) in [5.74, 6) is 1.58. The number of nitrogens with one attached hydrogen (secondary N) is 1. The first-order valence-electron chi connectivity index (χ1n) is 6.40. The third-order valence-corrected chi connectivity index (χ3v) is 3.58. The van der Waals surface area contributed by atoms with Crippen molar-refractivity contribution in [2.45, 2.75) is 32.3 Å². The van der Waals surface area contributed by atoms with Crippen LogP contribution in [-0.4, -0.2) is 40.8 Å². The van der Waals surface area contributed by atoms with E-state index in [4.69, 9.17) is 0 Å². The Morgan fingerprint density at radius 3 is 2.89 bits per heavy atom. The molecule has 0 amide bonds. The van der Waals surface area contributed by atoms with Crippen molar-refractivity contribution in [3.8, 4) is 0 Å². The molecule has 1 fully saturated rings. The van der Waals surface area contributed by atoms with Crippen LogP contribution in [0.4, 0.5) is 11.8 Å². The molecule has 1 aliphatic rings. The fourth-order valence-electron chi connectivity index (χ4n) is 1.98. The largest absolute Gasteiger partial charge is 0.393 e. The van der Waals surface area contributed by atoms with E-state index in [0.29, 0.717) is 5.95 Å². The third-order valence-electron chi connectivity index (χ3n) is 3.02. The summed E-state index contributed by atoms with van der Waals surface area (Å²) >= 11 is 3.49. The molecule has 1 aromatic heterocycles. The van der Waals surface area contributed by atoms with Crippen molar-refractivity contribution in [1.82, 2.24) is 9.97 Å². The molecule has 1 saturated heterocycles. The summed E-state index contributed by atoms with van der Waals surface area (Å²) in [5.41, 5.74) is 0. The average molecular weight is 315 g/mol. The maximum absolute atomic E-state index is 9.53. The zero-order chi connectivity index (χ0) is 13.0. The van der Waals surface area contributed by atoms with Gasteiger partial charge >= 0.3 is 0 Å². The second kappa shape index (κ2) is 6.33. The van der Waals surface area contributed by atoms with Gasteiger partial charge in [-0.1, -0.05) is 6.92 Å². The fourth-order valence-corrected chi connectivity index (χ4v) is 2.42. The highest BCUT2D eigenvalue weighted by molar-refractivity contribution is 9.10. The van der Waals surface area contributed by atoms with Crippen molar-refractivity contribution in [3.05, 3.63) is 10.7 Å². The fraction of sp³-hybridized carbons (Fsp3) is 0.667. The summed E-state index contributed by atoms with van der Waals surface area (Å²) in [6.07, 6.45) is 4.26. The van der Waals surface area contributed by atoms with Crippen molar-refractivity contribution >= 4 is 27.7 Å². The van der Waals surface area contributed by atoms with Gasteiger partial charge in [-0.3, -0.25) is 0 Å². The maximum atomic E-state index is 9.53. The molecule has 0 unspecified atom stereocenters. The van der Waals surface area contributed by atoms with Crippen LogP contribution in [0.5, 0.6) is 0 Å². The molecular formula is C12H19BrN4O. The van der Waals surface area contributed by atoms with Gasteiger partial charge in [-0.15, -0.1) is 0 Å². The quantitative estimate of drug-likeness (QED) is 0.890. The lowest BCUT2D eigenvalue weighted by molar-refractivity contribution is 0.145. The van der Waals surface area contributed by atoms with Gasteiger partial charge in [-0.05, 0) is 35.2 Å². The van der Waals surface area contributed by atoms with E-state index in [9.17, 15) is 5.11 Å². The second-order valence-corrected chi connectivity index (χ2v) is 5.36. The topological polar surface area (TPSA) is 61.3 Å². The Hall–Kier alpha value is -0.880. The van der Waals surface area contributed by atoms with E-state index < -0.39 is 0 Å². The zero-order valence-electron chi connectivity index (χ0n) is 10.6. The minimum Gasteiger partial charge on any atom is -0.393 e. The van der Waals surface area contributed by atoms with Crippen LogP contribution in [0, 0.1) is 0 Å². The van der Waals surface area contributed by atoms with Gasteiger partial charge in [0.15, 0.2) is 0 Å². The van der Waals surface area contributed by atoms with Crippen LogP contribution in [0.15, 0.2) is 10.7 Å². The van der Waals surface area contributed by atoms with E-state index in [1.807, 2.05) is 0 Å². The molecular weight excluding hydrogens is 296 g/mol. The van der Waals surface area contributed by atoms with E-state index in [-0.39, 0.29) is 6.10 Å². The van der Waals surface area contributed by atoms with Crippen LogP contribution in [0.3, 0.4) is 0 Å². The Morgan fingerprint density at radius 2 is 2.22 bits per heavy atom. The SMILES string of the molecule is CCCNc1ncc(Br)c(N2CCC(O)CC2)n1. The van der Waals surface area contributed by atoms with Crippen molar-refractivity contribution < 1.29 is 5.11 Å². The van der Waals surface area contributed by atoms with Gasteiger partial charge in [-0.25, -0.2) is 4.98 Å². The molecule has 0 radical (unpaired) electrons. The molecule has 1 aliphatic heterocycles. The monoisotopic (exact) mass is 314 g/mol. The smallest absolute Gasteiger partial charge is 0.224 e. The molecule has 18 heavy (non-hydrogen) atoms. The zero-order valence-corrected chi connectivity index (χ0v) is 12.2. The lowest BCUT2D eigenvalue weighted by atomic mass is 10.1. The molecule has 0 atom stereocenters. The second-order valence-electron chi connectivity index (χ2n) is 4.51. The van der Waals surface area contributed by atoms with Gasteiger partial charge < -0.3 is 15.3 Å². The number of aliphatic hydroxyl groups excluding tert-OH is 1. The molecule has 1 aromatic rings. The molecule has 0 bridgehead atoms.